The average molecular weight is 223 g/mol. The van der Waals surface area contributed by atoms with E-state index in [-0.39, 0.29) is 0 Å². The zero-order valence-corrected chi connectivity index (χ0v) is 11.1. The Labute approximate surface area is 100 Å². The van der Waals surface area contributed by atoms with Crippen LogP contribution in [0.4, 0.5) is 0 Å². The molecule has 3 heteroatoms. The Hall–Kier alpha value is -0.0451. The molecule has 0 spiro atoms. The van der Waals surface area contributed by atoms with Gasteiger partial charge in [-0.15, -0.1) is 0 Å². The Morgan fingerprint density at radius 2 is 2.00 bits per heavy atom. The summed E-state index contributed by atoms with van der Waals surface area (Å²) in [5.41, 5.74) is 0. The summed E-state index contributed by atoms with van der Waals surface area (Å²) in [7, 11) is 4.58. The van der Waals surface area contributed by atoms with Crippen LogP contribution in [0, 0.1) is 11.8 Å². The molecule has 0 aromatic rings. The van der Waals surface area contributed by atoms with E-state index in [1.165, 1.54) is 43.6 Å². The predicted molar refractivity (Wildman–Crippen MR) is 72.2 cm³/mol. The summed E-state index contributed by atoms with van der Waals surface area (Å²) in [6.45, 7) is 3.59. The van der Waals surface area contributed by atoms with Gasteiger partial charge in [-0.2, -0.15) is 0 Å². The van der Waals surface area contributed by atoms with E-state index >= 15 is 0 Å². The van der Waals surface area contributed by atoms with E-state index in [9.17, 15) is 0 Å². The zero-order valence-electron chi connectivity index (χ0n) is 10.3. The first-order valence-electron chi connectivity index (χ1n) is 6.25. The Morgan fingerprint density at radius 3 is 2.73 bits per heavy atom. The van der Waals surface area contributed by atoms with Gasteiger partial charge < -0.3 is 4.90 Å². The molecule has 2 unspecified atom stereocenters. The van der Waals surface area contributed by atoms with Crippen molar-refractivity contribution in [3.8, 4) is 0 Å². The minimum absolute atomic E-state index is 0.547. The van der Waals surface area contributed by atoms with Gasteiger partial charge in [-0.05, 0) is 25.2 Å². The van der Waals surface area contributed by atoms with E-state index in [4.69, 9.17) is 12.2 Å². The molecule has 0 aromatic carbocycles. The first-order chi connectivity index (χ1) is 6.99. The van der Waals surface area contributed by atoms with Crippen LogP contribution in [0.1, 0.15) is 39.0 Å². The molecular formula is C12H22BNS. The molecule has 1 nitrogen and oxygen atoms in total. The molecule has 2 rings (SSSR count). The van der Waals surface area contributed by atoms with Crippen LogP contribution >= 0.6 is 12.2 Å². The quantitative estimate of drug-likeness (QED) is 0.458. The van der Waals surface area contributed by atoms with Crippen LogP contribution in [-0.4, -0.2) is 31.3 Å². The largest absolute Gasteiger partial charge is 0.369 e. The Bertz CT molecular complexity index is 264. The van der Waals surface area contributed by atoms with Crippen molar-refractivity contribution >= 4 is 25.1 Å². The molecule has 84 valence electrons. The highest BCUT2D eigenvalue weighted by Crippen LogP contribution is 2.45. The first-order valence-corrected chi connectivity index (χ1v) is 6.65. The highest BCUT2D eigenvalue weighted by Gasteiger charge is 2.36. The Morgan fingerprint density at radius 1 is 1.33 bits per heavy atom. The van der Waals surface area contributed by atoms with Crippen molar-refractivity contribution in [3.63, 3.8) is 0 Å². The van der Waals surface area contributed by atoms with Crippen LogP contribution in [0.2, 0.25) is 5.31 Å². The van der Waals surface area contributed by atoms with Crippen LogP contribution < -0.4 is 0 Å². The van der Waals surface area contributed by atoms with E-state index < -0.39 is 0 Å². The molecule has 1 heterocycles. The summed E-state index contributed by atoms with van der Waals surface area (Å²) in [6, 6.07) is 0. The lowest BCUT2D eigenvalue weighted by Crippen LogP contribution is -2.41. The van der Waals surface area contributed by atoms with Gasteiger partial charge in [-0.25, -0.2) is 0 Å². The molecule has 15 heavy (non-hydrogen) atoms. The number of hydrogen-bond donors (Lipinski definition) is 0. The molecule has 0 N–H and O–H groups in total. The van der Waals surface area contributed by atoms with Crippen molar-refractivity contribution in [1.82, 2.24) is 4.90 Å². The Balaban J connectivity index is 2.10. The second-order valence-corrected chi connectivity index (χ2v) is 6.57. The molecule has 0 amide bonds. The van der Waals surface area contributed by atoms with Crippen LogP contribution in [0.15, 0.2) is 0 Å². The van der Waals surface area contributed by atoms with Gasteiger partial charge in [0.05, 0.1) is 4.99 Å². The van der Waals surface area contributed by atoms with Crippen molar-refractivity contribution in [2.75, 3.05) is 13.6 Å². The normalized spacial score (nSPS) is 42.3. The van der Waals surface area contributed by atoms with E-state index in [1.807, 2.05) is 0 Å². The topological polar surface area (TPSA) is 3.24 Å². The maximum absolute atomic E-state index is 5.59. The van der Waals surface area contributed by atoms with Crippen LogP contribution in [0.25, 0.3) is 0 Å². The minimum atomic E-state index is 0.547. The standard InChI is InChI=1S/C12H22BNS/c1-12(13)6-3-9-5-8-14(2)11(15)10(9)4-7-12/h9-10H,3-8,13H2,1-2H3/t9?,10-,12?/m0/s1. The third-order valence-corrected chi connectivity index (χ3v) is 5.04. The SMILES string of the molecule is BC1(C)CCC2CCN(C)C(=S)[C@H]2CC1. The maximum Gasteiger partial charge on any atom is 0.109 e. The van der Waals surface area contributed by atoms with Gasteiger partial charge >= 0.3 is 0 Å². The molecule has 2 fully saturated rings. The number of piperidine rings is 1. The van der Waals surface area contributed by atoms with E-state index in [1.54, 1.807) is 0 Å². The van der Waals surface area contributed by atoms with Crippen molar-refractivity contribution in [2.45, 2.75) is 44.3 Å². The smallest absolute Gasteiger partial charge is 0.109 e. The van der Waals surface area contributed by atoms with Gasteiger partial charge in [0.2, 0.25) is 0 Å². The van der Waals surface area contributed by atoms with Crippen molar-refractivity contribution in [1.29, 1.82) is 0 Å². The fourth-order valence-corrected chi connectivity index (χ4v) is 3.51. The maximum atomic E-state index is 5.59. The summed E-state index contributed by atoms with van der Waals surface area (Å²) in [5.74, 6) is 1.59. The molecule has 1 saturated heterocycles. The lowest BCUT2D eigenvalue weighted by Gasteiger charge is -2.37. The predicted octanol–water partition coefficient (Wildman–Crippen LogP) is 2.27. The van der Waals surface area contributed by atoms with Crippen molar-refractivity contribution < 1.29 is 0 Å². The number of likely N-dealkylation sites (tertiary alicyclic amines) is 1. The molecule has 1 saturated carbocycles. The molecule has 0 radical (unpaired) electrons. The van der Waals surface area contributed by atoms with Gasteiger partial charge in [0.25, 0.3) is 0 Å². The number of nitrogens with zero attached hydrogens (tertiary/aromatic N) is 1. The lowest BCUT2D eigenvalue weighted by atomic mass is 9.65. The molecule has 2 aliphatic rings. The molecule has 1 aliphatic heterocycles. The average Bonchev–Trinajstić information content (AvgIpc) is 2.32. The zero-order chi connectivity index (χ0) is 11.1. The van der Waals surface area contributed by atoms with Crippen molar-refractivity contribution in [2.24, 2.45) is 11.8 Å². The minimum Gasteiger partial charge on any atom is -0.369 e. The van der Waals surface area contributed by atoms with Crippen LogP contribution in [-0.2, 0) is 0 Å². The summed E-state index contributed by atoms with van der Waals surface area (Å²) >= 11 is 5.59. The number of rotatable bonds is 0. The van der Waals surface area contributed by atoms with Gasteiger partial charge in [0.1, 0.15) is 7.85 Å². The third-order valence-electron chi connectivity index (χ3n) is 4.42. The lowest BCUT2D eigenvalue weighted by molar-refractivity contribution is 0.273. The molecule has 0 bridgehead atoms. The van der Waals surface area contributed by atoms with Crippen molar-refractivity contribution in [3.05, 3.63) is 0 Å². The summed E-state index contributed by atoms with van der Waals surface area (Å²) < 4.78 is 0. The fourth-order valence-electron chi connectivity index (χ4n) is 3.11. The van der Waals surface area contributed by atoms with E-state index in [0.717, 1.165) is 5.92 Å². The summed E-state index contributed by atoms with van der Waals surface area (Å²) in [5, 5.41) is 0.547. The number of hydrogen-bond acceptors (Lipinski definition) is 1. The monoisotopic (exact) mass is 223 g/mol. The second-order valence-electron chi connectivity index (χ2n) is 6.16. The second kappa shape index (κ2) is 4.08. The van der Waals surface area contributed by atoms with Gasteiger partial charge in [0, 0.05) is 19.5 Å². The van der Waals surface area contributed by atoms with E-state index in [0.29, 0.717) is 11.2 Å². The third kappa shape index (κ3) is 2.38. The highest BCUT2D eigenvalue weighted by molar-refractivity contribution is 7.80. The molecule has 1 aliphatic carbocycles. The number of thiocarbonyl (C=S) groups is 1. The van der Waals surface area contributed by atoms with E-state index in [2.05, 4.69) is 26.7 Å². The fraction of sp³-hybridized carbons (Fsp3) is 0.917. The number of fused-ring (bicyclic) bond motifs is 1. The molecule has 3 atom stereocenters. The van der Waals surface area contributed by atoms with Crippen LogP contribution in [0.5, 0.6) is 0 Å². The summed E-state index contributed by atoms with van der Waals surface area (Å²) in [6.07, 6.45) is 6.81. The van der Waals surface area contributed by atoms with Gasteiger partial charge in [0.15, 0.2) is 0 Å². The molecule has 0 aromatic heterocycles. The van der Waals surface area contributed by atoms with Crippen LogP contribution in [0.3, 0.4) is 0 Å². The molecular weight excluding hydrogens is 201 g/mol. The first kappa shape index (κ1) is 11.4. The Kier molecular flexibility index (Phi) is 3.11. The highest BCUT2D eigenvalue weighted by atomic mass is 32.1. The van der Waals surface area contributed by atoms with Gasteiger partial charge in [-0.3, -0.25) is 0 Å². The van der Waals surface area contributed by atoms with Gasteiger partial charge in [-0.1, -0.05) is 37.3 Å². The summed E-state index contributed by atoms with van der Waals surface area (Å²) in [4.78, 5) is 3.54.